The fourth-order valence-corrected chi connectivity index (χ4v) is 3.16. The molecule has 0 aliphatic carbocycles. The summed E-state index contributed by atoms with van der Waals surface area (Å²) in [5.41, 5.74) is 0.123. The van der Waals surface area contributed by atoms with Gasteiger partial charge in [-0.25, -0.2) is 4.99 Å². The summed E-state index contributed by atoms with van der Waals surface area (Å²) in [6.45, 7) is 9.48. The van der Waals surface area contributed by atoms with Gasteiger partial charge in [0.15, 0.2) is 5.96 Å². The maximum Gasteiger partial charge on any atom is 0.416 e. The second-order valence-electron chi connectivity index (χ2n) is 6.67. The summed E-state index contributed by atoms with van der Waals surface area (Å²) in [6, 6.07) is 5.17. The highest BCUT2D eigenvalue weighted by atomic mass is 19.4. The summed E-state index contributed by atoms with van der Waals surface area (Å²) >= 11 is 0. The Bertz CT molecular complexity index is 569. The molecular weight excluding hydrogens is 341 g/mol. The van der Waals surface area contributed by atoms with Crippen molar-refractivity contribution in [1.29, 1.82) is 0 Å². The second kappa shape index (κ2) is 9.80. The monoisotopic (exact) mass is 370 g/mol. The molecule has 0 aromatic heterocycles. The number of likely N-dealkylation sites (tertiary alicyclic amines) is 1. The first kappa shape index (κ1) is 20.6. The van der Waals surface area contributed by atoms with Crippen LogP contribution < -0.4 is 10.6 Å². The van der Waals surface area contributed by atoms with Crippen molar-refractivity contribution in [2.45, 2.75) is 39.4 Å². The van der Waals surface area contributed by atoms with Crippen molar-refractivity contribution < 1.29 is 13.2 Å². The van der Waals surface area contributed by atoms with Crippen LogP contribution in [0.4, 0.5) is 13.2 Å². The quantitative estimate of drug-likeness (QED) is 0.595. The van der Waals surface area contributed by atoms with Gasteiger partial charge in [-0.15, -0.1) is 0 Å². The molecule has 1 atom stereocenters. The molecule has 1 aromatic rings. The molecule has 26 heavy (non-hydrogen) atoms. The van der Waals surface area contributed by atoms with Gasteiger partial charge in [-0.2, -0.15) is 13.2 Å². The van der Waals surface area contributed by atoms with Crippen LogP contribution in [0.1, 0.15) is 37.8 Å². The minimum absolute atomic E-state index is 0.346. The van der Waals surface area contributed by atoms with E-state index in [2.05, 4.69) is 27.4 Å². The highest BCUT2D eigenvalue weighted by Crippen LogP contribution is 2.29. The lowest BCUT2D eigenvalue weighted by molar-refractivity contribution is -0.137. The van der Waals surface area contributed by atoms with E-state index in [4.69, 9.17) is 0 Å². The number of hydrogen-bond donors (Lipinski definition) is 2. The Morgan fingerprint density at radius 1 is 1.19 bits per heavy atom. The number of rotatable bonds is 6. The average Bonchev–Trinajstić information content (AvgIpc) is 2.64. The minimum atomic E-state index is -4.30. The lowest BCUT2D eigenvalue weighted by atomic mass is 9.98. The van der Waals surface area contributed by atoms with Crippen molar-refractivity contribution in [2.24, 2.45) is 10.9 Å². The van der Waals surface area contributed by atoms with Crippen molar-refractivity contribution in [3.63, 3.8) is 0 Å². The Kier molecular flexibility index (Phi) is 7.75. The fraction of sp³-hybridized carbons (Fsp3) is 0.632. The van der Waals surface area contributed by atoms with E-state index in [9.17, 15) is 13.2 Å². The number of halogens is 3. The number of nitrogens with one attached hydrogen (secondary N) is 2. The number of nitrogens with zero attached hydrogens (tertiary/aromatic N) is 2. The second-order valence-corrected chi connectivity index (χ2v) is 6.67. The van der Waals surface area contributed by atoms with Crippen LogP contribution in [0.2, 0.25) is 0 Å². The van der Waals surface area contributed by atoms with Gasteiger partial charge in [0.25, 0.3) is 0 Å². The van der Waals surface area contributed by atoms with Crippen molar-refractivity contribution >= 4 is 5.96 Å². The standard InChI is InChI=1S/C19H29F3N4/c1-3-23-18(25-13-16-6-5-11-26(4-2)14-16)24-12-15-7-9-17(10-8-15)19(20,21)22/h7-10,16H,3-6,11-14H2,1-2H3,(H2,23,24,25). The summed E-state index contributed by atoms with van der Waals surface area (Å²) < 4.78 is 37.8. The Balaban J connectivity index is 1.89. The van der Waals surface area contributed by atoms with Crippen LogP contribution in [-0.2, 0) is 12.7 Å². The number of benzene rings is 1. The molecule has 2 rings (SSSR count). The van der Waals surface area contributed by atoms with Crippen molar-refractivity contribution in [1.82, 2.24) is 15.5 Å². The van der Waals surface area contributed by atoms with E-state index in [0.717, 1.165) is 43.9 Å². The maximum atomic E-state index is 12.6. The molecule has 0 amide bonds. The molecule has 1 heterocycles. The molecule has 1 aliphatic rings. The number of hydrogen-bond acceptors (Lipinski definition) is 2. The first-order valence-electron chi connectivity index (χ1n) is 9.33. The predicted octanol–water partition coefficient (Wildman–Crippen LogP) is 3.49. The SMILES string of the molecule is CCNC(=NCc1ccc(C(F)(F)F)cc1)NCC1CCCN(CC)C1. The van der Waals surface area contributed by atoms with Gasteiger partial charge in [0.2, 0.25) is 0 Å². The van der Waals surface area contributed by atoms with Gasteiger partial charge in [-0.1, -0.05) is 19.1 Å². The summed E-state index contributed by atoms with van der Waals surface area (Å²) in [7, 11) is 0. The third-order valence-electron chi connectivity index (χ3n) is 4.65. The largest absolute Gasteiger partial charge is 0.416 e. The van der Waals surface area contributed by atoms with E-state index >= 15 is 0 Å². The summed E-state index contributed by atoms with van der Waals surface area (Å²) in [5.74, 6) is 1.31. The first-order valence-corrected chi connectivity index (χ1v) is 9.33. The molecule has 4 nitrogen and oxygen atoms in total. The lowest BCUT2D eigenvalue weighted by Crippen LogP contribution is -2.44. The summed E-state index contributed by atoms with van der Waals surface area (Å²) in [4.78, 5) is 6.96. The van der Waals surface area contributed by atoms with E-state index in [1.165, 1.54) is 31.5 Å². The molecule has 1 aromatic carbocycles. The lowest BCUT2D eigenvalue weighted by Gasteiger charge is -2.32. The Morgan fingerprint density at radius 3 is 2.54 bits per heavy atom. The number of alkyl halides is 3. The zero-order chi connectivity index (χ0) is 19.0. The normalized spacial score (nSPS) is 19.4. The smallest absolute Gasteiger partial charge is 0.357 e. The van der Waals surface area contributed by atoms with E-state index in [0.29, 0.717) is 18.4 Å². The Hall–Kier alpha value is -1.76. The molecule has 1 fully saturated rings. The van der Waals surface area contributed by atoms with Crippen molar-refractivity contribution in [3.05, 3.63) is 35.4 Å². The molecular formula is C19H29F3N4. The van der Waals surface area contributed by atoms with Gasteiger partial charge >= 0.3 is 6.18 Å². The topological polar surface area (TPSA) is 39.7 Å². The van der Waals surface area contributed by atoms with Gasteiger partial charge in [0.1, 0.15) is 0 Å². The number of aliphatic imine (C=N–C) groups is 1. The van der Waals surface area contributed by atoms with Crippen LogP contribution in [0.25, 0.3) is 0 Å². The van der Waals surface area contributed by atoms with E-state index in [1.807, 2.05) is 6.92 Å². The van der Waals surface area contributed by atoms with Crippen LogP contribution >= 0.6 is 0 Å². The van der Waals surface area contributed by atoms with Crippen LogP contribution in [-0.4, -0.2) is 43.6 Å². The van der Waals surface area contributed by atoms with Crippen LogP contribution in [0.5, 0.6) is 0 Å². The molecule has 2 N–H and O–H groups in total. The van der Waals surface area contributed by atoms with Crippen LogP contribution in [0, 0.1) is 5.92 Å². The highest BCUT2D eigenvalue weighted by Gasteiger charge is 2.29. The molecule has 0 spiro atoms. The van der Waals surface area contributed by atoms with Gasteiger partial charge in [0, 0.05) is 19.6 Å². The van der Waals surface area contributed by atoms with E-state index in [1.54, 1.807) is 0 Å². The van der Waals surface area contributed by atoms with Crippen molar-refractivity contribution in [2.75, 3.05) is 32.7 Å². The number of guanidine groups is 1. The van der Waals surface area contributed by atoms with Gasteiger partial charge in [0.05, 0.1) is 12.1 Å². The Labute approximate surface area is 153 Å². The molecule has 0 saturated carbocycles. The van der Waals surface area contributed by atoms with Crippen LogP contribution in [0.3, 0.4) is 0 Å². The fourth-order valence-electron chi connectivity index (χ4n) is 3.16. The maximum absolute atomic E-state index is 12.6. The minimum Gasteiger partial charge on any atom is -0.357 e. The predicted molar refractivity (Wildman–Crippen MR) is 99.1 cm³/mol. The average molecular weight is 370 g/mol. The molecule has 1 saturated heterocycles. The highest BCUT2D eigenvalue weighted by molar-refractivity contribution is 5.79. The molecule has 1 aliphatic heterocycles. The molecule has 0 radical (unpaired) electrons. The third-order valence-corrected chi connectivity index (χ3v) is 4.65. The molecule has 0 bridgehead atoms. The molecule has 1 unspecified atom stereocenters. The summed E-state index contributed by atoms with van der Waals surface area (Å²) in [6.07, 6.45) is -1.87. The Morgan fingerprint density at radius 2 is 1.92 bits per heavy atom. The van der Waals surface area contributed by atoms with Crippen LogP contribution in [0.15, 0.2) is 29.3 Å². The van der Waals surface area contributed by atoms with Crippen molar-refractivity contribution in [3.8, 4) is 0 Å². The van der Waals surface area contributed by atoms with Gasteiger partial charge < -0.3 is 15.5 Å². The van der Waals surface area contributed by atoms with Gasteiger partial charge in [-0.05, 0) is 56.5 Å². The molecule has 146 valence electrons. The van der Waals surface area contributed by atoms with E-state index in [-0.39, 0.29) is 0 Å². The summed E-state index contributed by atoms with van der Waals surface area (Å²) in [5, 5.41) is 6.57. The molecule has 7 heteroatoms. The third kappa shape index (κ3) is 6.52. The number of piperidine rings is 1. The first-order chi connectivity index (χ1) is 12.4. The van der Waals surface area contributed by atoms with E-state index < -0.39 is 11.7 Å². The van der Waals surface area contributed by atoms with Gasteiger partial charge in [-0.3, -0.25) is 0 Å². The zero-order valence-corrected chi connectivity index (χ0v) is 15.6. The zero-order valence-electron chi connectivity index (χ0n) is 15.6.